The van der Waals surface area contributed by atoms with Crippen LogP contribution >= 0.6 is 0 Å². The van der Waals surface area contributed by atoms with Crippen LogP contribution in [0.4, 0.5) is 0 Å². The van der Waals surface area contributed by atoms with Crippen molar-refractivity contribution in [1.82, 2.24) is 5.32 Å². The van der Waals surface area contributed by atoms with Gasteiger partial charge < -0.3 is 14.8 Å². The Kier molecular flexibility index (Phi) is 4.73. The first-order chi connectivity index (χ1) is 10.4. The topological polar surface area (TPSA) is 30.5 Å². The first-order valence-electron chi connectivity index (χ1n) is 7.74. The molecule has 0 amide bonds. The van der Waals surface area contributed by atoms with Gasteiger partial charge in [-0.15, -0.1) is 0 Å². The van der Waals surface area contributed by atoms with E-state index >= 15 is 0 Å². The van der Waals surface area contributed by atoms with Gasteiger partial charge in [0.05, 0.1) is 20.3 Å². The number of methoxy groups -OCH3 is 1. The number of hydrogen-bond donors (Lipinski definition) is 1. The van der Waals surface area contributed by atoms with Gasteiger partial charge in [-0.05, 0) is 36.3 Å². The summed E-state index contributed by atoms with van der Waals surface area (Å²) in [5.74, 6) is 0.934. The number of nitrogens with one attached hydrogen (secondary N) is 1. The van der Waals surface area contributed by atoms with Gasteiger partial charge in [-0.25, -0.2) is 0 Å². The summed E-state index contributed by atoms with van der Waals surface area (Å²) in [5, 5.41) is 5.89. The van der Waals surface area contributed by atoms with E-state index < -0.39 is 0 Å². The minimum atomic E-state index is 0.763. The van der Waals surface area contributed by atoms with E-state index in [9.17, 15) is 0 Å². The summed E-state index contributed by atoms with van der Waals surface area (Å²) >= 11 is 0. The highest BCUT2D eigenvalue weighted by Crippen LogP contribution is 2.28. The van der Waals surface area contributed by atoms with Gasteiger partial charge in [0.2, 0.25) is 0 Å². The van der Waals surface area contributed by atoms with Crippen LogP contribution in [-0.4, -0.2) is 32.9 Å². The second-order valence-electron chi connectivity index (χ2n) is 5.56. The summed E-state index contributed by atoms with van der Waals surface area (Å²) < 4.78 is 11.2. The van der Waals surface area contributed by atoms with Crippen LogP contribution in [0.2, 0.25) is 0 Å². The molecule has 2 aromatic carbocycles. The molecule has 1 saturated carbocycles. The van der Waals surface area contributed by atoms with Crippen LogP contribution in [0.5, 0.6) is 5.75 Å². The molecule has 0 bridgehead atoms. The standard InChI is InChI=1S/C18H23NO2/c1-20-18-9-6-14(16-4-2-3-5-17(16)18)10-12-21-13-11-19-15-7-8-15/h2-6,9,15,19H,7-8,10-13H2,1H3. The van der Waals surface area contributed by atoms with Crippen LogP contribution in [0.15, 0.2) is 36.4 Å². The maximum Gasteiger partial charge on any atom is 0.126 e. The molecule has 3 rings (SSSR count). The van der Waals surface area contributed by atoms with Crippen molar-refractivity contribution in [2.45, 2.75) is 25.3 Å². The predicted molar refractivity (Wildman–Crippen MR) is 86.0 cm³/mol. The second-order valence-corrected chi connectivity index (χ2v) is 5.56. The number of ether oxygens (including phenoxy) is 2. The first kappa shape index (κ1) is 14.4. The molecule has 0 saturated heterocycles. The Morgan fingerprint density at radius 1 is 1.05 bits per heavy atom. The number of hydrogen-bond acceptors (Lipinski definition) is 3. The molecule has 3 nitrogen and oxygen atoms in total. The third kappa shape index (κ3) is 3.74. The summed E-state index contributed by atoms with van der Waals surface area (Å²) in [5.41, 5.74) is 1.32. The number of benzene rings is 2. The Morgan fingerprint density at radius 3 is 2.62 bits per heavy atom. The van der Waals surface area contributed by atoms with Crippen molar-refractivity contribution in [3.8, 4) is 5.75 Å². The summed E-state index contributed by atoms with van der Waals surface area (Å²) in [6.45, 7) is 2.53. The van der Waals surface area contributed by atoms with E-state index in [1.807, 2.05) is 6.07 Å². The van der Waals surface area contributed by atoms with Crippen LogP contribution < -0.4 is 10.1 Å². The van der Waals surface area contributed by atoms with Crippen molar-refractivity contribution in [2.75, 3.05) is 26.9 Å². The highest BCUT2D eigenvalue weighted by Gasteiger charge is 2.19. The van der Waals surface area contributed by atoms with Gasteiger partial charge in [0.25, 0.3) is 0 Å². The maximum absolute atomic E-state index is 5.73. The average Bonchev–Trinajstić information content (AvgIpc) is 3.35. The van der Waals surface area contributed by atoms with Gasteiger partial charge in [-0.2, -0.15) is 0 Å². The second kappa shape index (κ2) is 6.92. The largest absolute Gasteiger partial charge is 0.496 e. The molecule has 0 atom stereocenters. The average molecular weight is 285 g/mol. The van der Waals surface area contributed by atoms with Crippen molar-refractivity contribution >= 4 is 10.8 Å². The van der Waals surface area contributed by atoms with Crippen LogP contribution in [0, 0.1) is 0 Å². The van der Waals surface area contributed by atoms with Crippen molar-refractivity contribution in [2.24, 2.45) is 0 Å². The molecule has 21 heavy (non-hydrogen) atoms. The van der Waals surface area contributed by atoms with E-state index in [2.05, 4.69) is 35.6 Å². The molecular formula is C18H23NO2. The fourth-order valence-corrected chi connectivity index (χ4v) is 2.64. The molecule has 0 spiro atoms. The summed E-state index contributed by atoms with van der Waals surface area (Å²) in [6.07, 6.45) is 3.60. The van der Waals surface area contributed by atoms with Gasteiger partial charge in [0.15, 0.2) is 0 Å². The predicted octanol–water partition coefficient (Wildman–Crippen LogP) is 3.16. The van der Waals surface area contributed by atoms with Gasteiger partial charge in [-0.1, -0.05) is 30.3 Å². The van der Waals surface area contributed by atoms with E-state index in [-0.39, 0.29) is 0 Å². The lowest BCUT2D eigenvalue weighted by Gasteiger charge is -2.11. The summed E-state index contributed by atoms with van der Waals surface area (Å²) in [4.78, 5) is 0. The van der Waals surface area contributed by atoms with E-state index in [1.54, 1.807) is 7.11 Å². The number of fused-ring (bicyclic) bond motifs is 1. The Hall–Kier alpha value is -1.58. The molecule has 1 aliphatic carbocycles. The van der Waals surface area contributed by atoms with Crippen LogP contribution in [0.3, 0.4) is 0 Å². The maximum atomic E-state index is 5.73. The quantitative estimate of drug-likeness (QED) is 0.756. The summed E-state index contributed by atoms with van der Waals surface area (Å²) in [7, 11) is 1.72. The van der Waals surface area contributed by atoms with E-state index in [4.69, 9.17) is 9.47 Å². The van der Waals surface area contributed by atoms with Gasteiger partial charge >= 0.3 is 0 Å². The number of rotatable bonds is 8. The van der Waals surface area contributed by atoms with Gasteiger partial charge in [-0.3, -0.25) is 0 Å². The van der Waals surface area contributed by atoms with E-state index in [0.717, 1.165) is 38.0 Å². The zero-order valence-corrected chi connectivity index (χ0v) is 12.6. The fraction of sp³-hybridized carbons (Fsp3) is 0.444. The van der Waals surface area contributed by atoms with E-state index in [1.165, 1.54) is 29.2 Å². The van der Waals surface area contributed by atoms with E-state index in [0.29, 0.717) is 0 Å². The SMILES string of the molecule is COc1ccc(CCOCCNC2CC2)c2ccccc12. The Bertz CT molecular complexity index is 593. The molecule has 1 fully saturated rings. The molecule has 0 aromatic heterocycles. The Morgan fingerprint density at radius 2 is 1.86 bits per heavy atom. The van der Waals surface area contributed by atoms with Crippen LogP contribution in [0.1, 0.15) is 18.4 Å². The molecule has 2 aromatic rings. The van der Waals surface area contributed by atoms with Crippen LogP contribution in [-0.2, 0) is 11.2 Å². The molecule has 1 N–H and O–H groups in total. The normalized spacial score (nSPS) is 14.5. The smallest absolute Gasteiger partial charge is 0.126 e. The molecule has 0 radical (unpaired) electrons. The molecule has 0 unspecified atom stereocenters. The zero-order chi connectivity index (χ0) is 14.5. The first-order valence-corrected chi connectivity index (χ1v) is 7.74. The molecule has 3 heteroatoms. The monoisotopic (exact) mass is 285 g/mol. The van der Waals surface area contributed by atoms with Crippen molar-refractivity contribution < 1.29 is 9.47 Å². The minimum absolute atomic E-state index is 0.763. The lowest BCUT2D eigenvalue weighted by atomic mass is 10.0. The Balaban J connectivity index is 1.56. The van der Waals surface area contributed by atoms with Crippen molar-refractivity contribution in [3.63, 3.8) is 0 Å². The molecule has 1 aliphatic rings. The third-order valence-electron chi connectivity index (χ3n) is 3.97. The molecule has 0 heterocycles. The molecule has 112 valence electrons. The van der Waals surface area contributed by atoms with Crippen molar-refractivity contribution in [1.29, 1.82) is 0 Å². The fourth-order valence-electron chi connectivity index (χ4n) is 2.64. The van der Waals surface area contributed by atoms with Crippen molar-refractivity contribution in [3.05, 3.63) is 42.0 Å². The highest BCUT2D eigenvalue weighted by atomic mass is 16.5. The summed E-state index contributed by atoms with van der Waals surface area (Å²) in [6, 6.07) is 13.3. The third-order valence-corrected chi connectivity index (χ3v) is 3.97. The molecule has 0 aliphatic heterocycles. The minimum Gasteiger partial charge on any atom is -0.496 e. The van der Waals surface area contributed by atoms with Gasteiger partial charge in [0, 0.05) is 18.0 Å². The zero-order valence-electron chi connectivity index (χ0n) is 12.6. The molecular weight excluding hydrogens is 262 g/mol. The lowest BCUT2D eigenvalue weighted by Crippen LogP contribution is -2.22. The highest BCUT2D eigenvalue weighted by molar-refractivity contribution is 5.91. The van der Waals surface area contributed by atoms with Gasteiger partial charge in [0.1, 0.15) is 5.75 Å². The van der Waals surface area contributed by atoms with Crippen LogP contribution in [0.25, 0.3) is 10.8 Å². The lowest BCUT2D eigenvalue weighted by molar-refractivity contribution is 0.139. The Labute approximate surface area is 126 Å².